The molecule has 2 rings (SSSR count). The summed E-state index contributed by atoms with van der Waals surface area (Å²) in [7, 11) is 0. The lowest BCUT2D eigenvalue weighted by Gasteiger charge is -2.38. The Labute approximate surface area is 117 Å². The van der Waals surface area contributed by atoms with Gasteiger partial charge in [0.2, 0.25) is 0 Å². The van der Waals surface area contributed by atoms with E-state index in [1.807, 2.05) is 0 Å². The summed E-state index contributed by atoms with van der Waals surface area (Å²) in [5.74, 6) is -0.742. The summed E-state index contributed by atoms with van der Waals surface area (Å²) in [6, 6.07) is 0.0947. The maximum Gasteiger partial charge on any atom is 0.406 e. The van der Waals surface area contributed by atoms with E-state index in [0.717, 1.165) is 19.3 Å². The van der Waals surface area contributed by atoms with Gasteiger partial charge in [0.25, 0.3) is 0 Å². The van der Waals surface area contributed by atoms with Gasteiger partial charge in [0.1, 0.15) is 0 Å². The Balaban J connectivity index is 2.13. The third kappa shape index (κ3) is 2.67. The molecule has 3 atom stereocenters. The first kappa shape index (κ1) is 15.6. The van der Waals surface area contributed by atoms with E-state index < -0.39 is 24.1 Å². The van der Waals surface area contributed by atoms with E-state index in [4.69, 9.17) is 5.11 Å². The number of carbonyl (C=O) groups is 1. The van der Waals surface area contributed by atoms with Crippen molar-refractivity contribution in [2.75, 3.05) is 13.1 Å². The molecule has 2 aliphatic rings. The van der Waals surface area contributed by atoms with Crippen molar-refractivity contribution in [3.63, 3.8) is 0 Å². The highest BCUT2D eigenvalue weighted by molar-refractivity contribution is 5.76. The summed E-state index contributed by atoms with van der Waals surface area (Å²) in [5.41, 5.74) is -2.57. The molecule has 2 fully saturated rings. The number of carboxylic acids is 1. The molecule has 3 unspecified atom stereocenters. The minimum Gasteiger partial charge on any atom is -0.481 e. The van der Waals surface area contributed by atoms with Crippen LogP contribution in [0.3, 0.4) is 0 Å². The highest BCUT2D eigenvalue weighted by Gasteiger charge is 2.64. The Hall–Kier alpha value is -0.780. The summed E-state index contributed by atoms with van der Waals surface area (Å²) in [4.78, 5) is 12.9. The fraction of sp³-hybridized carbons (Fsp3) is 0.929. The summed E-state index contributed by atoms with van der Waals surface area (Å²) in [6.45, 7) is 4.08. The average Bonchev–Trinajstić information content (AvgIpc) is 2.72. The molecule has 1 N–H and O–H groups in total. The topological polar surface area (TPSA) is 40.5 Å². The minimum atomic E-state index is -4.68. The Morgan fingerprint density at radius 1 is 1.20 bits per heavy atom. The van der Waals surface area contributed by atoms with Crippen LogP contribution in [0.2, 0.25) is 0 Å². The predicted octanol–water partition coefficient (Wildman–Crippen LogP) is 3.15. The standard InChI is InChI=1S/C14H22F3NO2/c1-9-5-10(2)7-11(6-9)18-4-3-13(8-18,12(19)20)14(15,16)17/h9-11H,3-8H2,1-2H3,(H,19,20). The molecule has 0 aromatic rings. The Bertz CT molecular complexity index is 375. The molecule has 1 aliphatic heterocycles. The van der Waals surface area contributed by atoms with Crippen LogP contribution in [0.15, 0.2) is 0 Å². The molecule has 0 radical (unpaired) electrons. The number of nitrogens with zero attached hydrogens (tertiary/aromatic N) is 1. The zero-order valence-corrected chi connectivity index (χ0v) is 11.9. The van der Waals surface area contributed by atoms with Crippen molar-refractivity contribution in [1.29, 1.82) is 0 Å². The number of hydrogen-bond donors (Lipinski definition) is 1. The number of aliphatic carboxylic acids is 1. The second kappa shape index (κ2) is 5.20. The smallest absolute Gasteiger partial charge is 0.406 e. The van der Waals surface area contributed by atoms with E-state index in [1.165, 1.54) is 0 Å². The van der Waals surface area contributed by atoms with Gasteiger partial charge in [-0.2, -0.15) is 13.2 Å². The van der Waals surface area contributed by atoms with E-state index in [0.29, 0.717) is 11.8 Å². The van der Waals surface area contributed by atoms with Gasteiger partial charge in [-0.1, -0.05) is 13.8 Å². The van der Waals surface area contributed by atoms with E-state index >= 15 is 0 Å². The lowest BCUT2D eigenvalue weighted by atomic mass is 9.79. The van der Waals surface area contributed by atoms with Crippen LogP contribution in [-0.4, -0.2) is 41.3 Å². The van der Waals surface area contributed by atoms with Crippen LogP contribution in [0.4, 0.5) is 13.2 Å². The summed E-state index contributed by atoms with van der Waals surface area (Å²) in [5, 5.41) is 9.07. The first-order valence-electron chi connectivity index (χ1n) is 7.20. The van der Waals surface area contributed by atoms with Gasteiger partial charge in [0.15, 0.2) is 5.41 Å². The molecule has 116 valence electrons. The second-order valence-electron chi connectivity index (χ2n) is 6.68. The average molecular weight is 293 g/mol. The summed E-state index contributed by atoms with van der Waals surface area (Å²) < 4.78 is 39.5. The van der Waals surface area contributed by atoms with Crippen molar-refractivity contribution in [2.45, 2.75) is 51.7 Å². The molecule has 3 nitrogen and oxygen atoms in total. The maximum atomic E-state index is 13.2. The molecular weight excluding hydrogens is 271 g/mol. The molecule has 1 saturated heterocycles. The maximum absolute atomic E-state index is 13.2. The van der Waals surface area contributed by atoms with E-state index in [9.17, 15) is 18.0 Å². The molecule has 6 heteroatoms. The fourth-order valence-electron chi connectivity index (χ4n) is 3.88. The van der Waals surface area contributed by atoms with Gasteiger partial charge in [-0.25, -0.2) is 0 Å². The van der Waals surface area contributed by atoms with Gasteiger partial charge in [0.05, 0.1) is 0 Å². The third-order valence-corrected chi connectivity index (χ3v) is 4.92. The fourth-order valence-corrected chi connectivity index (χ4v) is 3.88. The second-order valence-corrected chi connectivity index (χ2v) is 6.68. The molecular formula is C14H22F3NO2. The van der Waals surface area contributed by atoms with Gasteiger partial charge in [-0.3, -0.25) is 9.69 Å². The number of hydrogen-bond acceptors (Lipinski definition) is 2. The van der Waals surface area contributed by atoms with Gasteiger partial charge < -0.3 is 5.11 Å². The summed E-state index contributed by atoms with van der Waals surface area (Å²) >= 11 is 0. The van der Waals surface area contributed by atoms with Crippen molar-refractivity contribution < 1.29 is 23.1 Å². The molecule has 1 aliphatic carbocycles. The van der Waals surface area contributed by atoms with Crippen molar-refractivity contribution in [1.82, 2.24) is 4.90 Å². The van der Waals surface area contributed by atoms with Gasteiger partial charge in [-0.15, -0.1) is 0 Å². The SMILES string of the molecule is CC1CC(C)CC(N2CCC(C(=O)O)(C(F)(F)F)C2)C1. The normalized spacial score (nSPS) is 40.0. The van der Waals surface area contributed by atoms with Crippen LogP contribution in [0.1, 0.15) is 39.5 Å². The molecule has 1 saturated carbocycles. The predicted molar refractivity (Wildman–Crippen MR) is 68.3 cm³/mol. The van der Waals surface area contributed by atoms with Crippen LogP contribution in [0.25, 0.3) is 0 Å². The number of rotatable bonds is 2. The van der Waals surface area contributed by atoms with Crippen molar-refractivity contribution in [2.24, 2.45) is 17.3 Å². The van der Waals surface area contributed by atoms with E-state index in [2.05, 4.69) is 13.8 Å². The Morgan fingerprint density at radius 3 is 2.15 bits per heavy atom. The lowest BCUT2D eigenvalue weighted by Crippen LogP contribution is -2.49. The highest BCUT2D eigenvalue weighted by atomic mass is 19.4. The van der Waals surface area contributed by atoms with Gasteiger partial charge in [-0.05, 0) is 44.1 Å². The van der Waals surface area contributed by atoms with Crippen LogP contribution >= 0.6 is 0 Å². The third-order valence-electron chi connectivity index (χ3n) is 4.92. The quantitative estimate of drug-likeness (QED) is 0.850. The zero-order valence-electron chi connectivity index (χ0n) is 11.9. The number of likely N-dealkylation sites (tertiary alicyclic amines) is 1. The zero-order chi connectivity index (χ0) is 15.1. The van der Waals surface area contributed by atoms with Crippen LogP contribution in [-0.2, 0) is 4.79 Å². The molecule has 0 aromatic carbocycles. The number of halogens is 3. The Morgan fingerprint density at radius 2 is 1.75 bits per heavy atom. The van der Waals surface area contributed by atoms with Crippen molar-refractivity contribution >= 4 is 5.97 Å². The Kier molecular flexibility index (Phi) is 4.06. The van der Waals surface area contributed by atoms with E-state index in [-0.39, 0.29) is 19.0 Å². The largest absolute Gasteiger partial charge is 0.481 e. The number of carboxylic acid groups (broad SMARTS) is 1. The molecule has 0 aromatic heterocycles. The van der Waals surface area contributed by atoms with Crippen LogP contribution in [0, 0.1) is 17.3 Å². The first-order chi connectivity index (χ1) is 9.15. The van der Waals surface area contributed by atoms with Gasteiger partial charge in [0, 0.05) is 12.6 Å². The van der Waals surface area contributed by atoms with Crippen molar-refractivity contribution in [3.8, 4) is 0 Å². The molecule has 0 spiro atoms. The van der Waals surface area contributed by atoms with Crippen LogP contribution < -0.4 is 0 Å². The monoisotopic (exact) mass is 293 g/mol. The molecule has 0 bridgehead atoms. The van der Waals surface area contributed by atoms with Crippen LogP contribution in [0.5, 0.6) is 0 Å². The molecule has 0 amide bonds. The lowest BCUT2D eigenvalue weighted by molar-refractivity contribution is -0.228. The number of alkyl halides is 3. The first-order valence-corrected chi connectivity index (χ1v) is 7.20. The molecule has 1 heterocycles. The highest BCUT2D eigenvalue weighted by Crippen LogP contribution is 2.47. The van der Waals surface area contributed by atoms with Crippen molar-refractivity contribution in [3.05, 3.63) is 0 Å². The van der Waals surface area contributed by atoms with E-state index in [1.54, 1.807) is 4.90 Å². The minimum absolute atomic E-state index is 0.0947. The molecule has 20 heavy (non-hydrogen) atoms. The van der Waals surface area contributed by atoms with Gasteiger partial charge >= 0.3 is 12.1 Å². The summed E-state index contributed by atoms with van der Waals surface area (Å²) in [6.07, 6.45) is -2.16.